The smallest absolute Gasteiger partial charge is 0.305 e. The van der Waals surface area contributed by atoms with Crippen LogP contribution in [0.5, 0.6) is 0 Å². The summed E-state index contributed by atoms with van der Waals surface area (Å²) >= 11 is 0. The highest BCUT2D eigenvalue weighted by molar-refractivity contribution is 5.68. The molecule has 19 heavy (non-hydrogen) atoms. The molecule has 0 aromatic carbocycles. The van der Waals surface area contributed by atoms with Gasteiger partial charge in [-0.3, -0.25) is 4.79 Å². The lowest BCUT2D eigenvalue weighted by atomic mass is 9.88. The molecule has 2 rings (SSSR count). The third-order valence-electron chi connectivity index (χ3n) is 4.85. The van der Waals surface area contributed by atoms with Gasteiger partial charge in [0.2, 0.25) is 0 Å². The predicted octanol–water partition coefficient (Wildman–Crippen LogP) is 4.49. The van der Waals surface area contributed by atoms with Crippen LogP contribution in [0.25, 0.3) is 0 Å². The molecule has 0 radical (unpaired) electrons. The molecule has 0 spiro atoms. The van der Waals surface area contributed by atoms with Gasteiger partial charge in [0.1, 0.15) is 0 Å². The number of fused-ring (bicyclic) bond motifs is 2. The Bertz CT molecular complexity index is 308. The lowest BCUT2D eigenvalue weighted by Gasteiger charge is -2.17. The number of allylic oxidation sites excluding steroid dienone is 2. The number of rotatable bonds is 9. The van der Waals surface area contributed by atoms with Crippen LogP contribution in [0.4, 0.5) is 0 Å². The van der Waals surface area contributed by atoms with E-state index in [1.807, 2.05) is 0 Å². The van der Waals surface area contributed by atoms with E-state index >= 15 is 0 Å². The minimum Gasteiger partial charge on any atom is -0.469 e. The molecule has 108 valence electrons. The Morgan fingerprint density at radius 1 is 1.05 bits per heavy atom. The fourth-order valence-corrected chi connectivity index (χ4v) is 3.71. The number of methoxy groups -OCH3 is 1. The highest BCUT2D eigenvalue weighted by atomic mass is 16.5. The molecule has 3 unspecified atom stereocenters. The molecule has 0 N–H and O–H groups in total. The van der Waals surface area contributed by atoms with E-state index in [4.69, 9.17) is 0 Å². The lowest BCUT2D eigenvalue weighted by molar-refractivity contribution is -0.140. The summed E-state index contributed by atoms with van der Waals surface area (Å²) in [7, 11) is 1.47. The van der Waals surface area contributed by atoms with Gasteiger partial charge >= 0.3 is 5.97 Å². The van der Waals surface area contributed by atoms with Crippen molar-refractivity contribution in [3.05, 3.63) is 12.2 Å². The van der Waals surface area contributed by atoms with Crippen molar-refractivity contribution in [2.75, 3.05) is 7.11 Å². The van der Waals surface area contributed by atoms with Crippen LogP contribution in [0.1, 0.15) is 64.2 Å². The van der Waals surface area contributed by atoms with E-state index in [0.29, 0.717) is 6.42 Å². The highest BCUT2D eigenvalue weighted by Gasteiger charge is 2.34. The predicted molar refractivity (Wildman–Crippen MR) is 77.8 cm³/mol. The summed E-state index contributed by atoms with van der Waals surface area (Å²) in [5.74, 6) is 2.78. The van der Waals surface area contributed by atoms with E-state index in [-0.39, 0.29) is 5.97 Å². The number of hydrogen-bond acceptors (Lipinski definition) is 2. The van der Waals surface area contributed by atoms with Crippen molar-refractivity contribution in [1.82, 2.24) is 0 Å². The minimum atomic E-state index is -0.0654. The van der Waals surface area contributed by atoms with Crippen LogP contribution in [0, 0.1) is 17.8 Å². The molecule has 0 aromatic rings. The van der Waals surface area contributed by atoms with Crippen molar-refractivity contribution in [2.45, 2.75) is 64.2 Å². The molecule has 2 aliphatic rings. The van der Waals surface area contributed by atoms with Crippen LogP contribution in [-0.4, -0.2) is 13.1 Å². The number of esters is 1. The molecule has 0 aliphatic heterocycles. The number of carbonyl (C=O) groups is 1. The minimum absolute atomic E-state index is 0.0654. The first-order valence-corrected chi connectivity index (χ1v) is 8.04. The summed E-state index contributed by atoms with van der Waals surface area (Å²) in [5, 5.41) is 0. The Labute approximate surface area is 117 Å². The molecule has 0 amide bonds. The monoisotopic (exact) mass is 264 g/mol. The average molecular weight is 264 g/mol. The van der Waals surface area contributed by atoms with Crippen molar-refractivity contribution < 1.29 is 9.53 Å². The van der Waals surface area contributed by atoms with Gasteiger partial charge in [0.25, 0.3) is 0 Å². The van der Waals surface area contributed by atoms with Crippen LogP contribution in [-0.2, 0) is 9.53 Å². The summed E-state index contributed by atoms with van der Waals surface area (Å²) in [6.45, 7) is 0. The summed E-state index contributed by atoms with van der Waals surface area (Å²) in [4.78, 5) is 10.9. The molecular weight excluding hydrogens is 236 g/mol. The molecule has 2 aliphatic carbocycles. The van der Waals surface area contributed by atoms with Crippen molar-refractivity contribution in [2.24, 2.45) is 17.8 Å². The summed E-state index contributed by atoms with van der Waals surface area (Å²) < 4.78 is 4.63. The Morgan fingerprint density at radius 3 is 2.42 bits per heavy atom. The topological polar surface area (TPSA) is 26.3 Å². The maximum Gasteiger partial charge on any atom is 0.305 e. The first-order valence-electron chi connectivity index (χ1n) is 8.04. The molecule has 0 saturated heterocycles. The molecule has 0 heterocycles. The van der Waals surface area contributed by atoms with Gasteiger partial charge in [0.15, 0.2) is 0 Å². The molecule has 2 bridgehead atoms. The number of unbranched alkanes of at least 4 members (excludes halogenated alkanes) is 5. The van der Waals surface area contributed by atoms with Crippen LogP contribution >= 0.6 is 0 Å². The van der Waals surface area contributed by atoms with E-state index < -0.39 is 0 Å². The van der Waals surface area contributed by atoms with Crippen LogP contribution in [0.3, 0.4) is 0 Å². The van der Waals surface area contributed by atoms with Crippen LogP contribution in [0.15, 0.2) is 12.2 Å². The molecule has 2 heteroatoms. The Morgan fingerprint density at radius 2 is 1.79 bits per heavy atom. The summed E-state index contributed by atoms with van der Waals surface area (Å²) in [5.41, 5.74) is 0. The largest absolute Gasteiger partial charge is 0.469 e. The SMILES string of the molecule is COC(=O)CCCCCCCCC1CC2C=CC1C2. The maximum atomic E-state index is 10.9. The second kappa shape index (κ2) is 7.72. The first kappa shape index (κ1) is 14.6. The summed E-state index contributed by atoms with van der Waals surface area (Å²) in [6, 6.07) is 0. The third-order valence-corrected chi connectivity index (χ3v) is 4.85. The quantitative estimate of drug-likeness (QED) is 0.348. The van der Waals surface area contributed by atoms with Gasteiger partial charge in [-0.1, -0.05) is 44.3 Å². The molecule has 1 saturated carbocycles. The molecule has 0 aromatic heterocycles. The first-order chi connectivity index (χ1) is 9.29. The fraction of sp³-hybridized carbons (Fsp3) is 0.824. The van der Waals surface area contributed by atoms with E-state index in [1.54, 1.807) is 0 Å². The second-order valence-corrected chi connectivity index (χ2v) is 6.28. The fourth-order valence-electron chi connectivity index (χ4n) is 3.71. The zero-order valence-electron chi connectivity index (χ0n) is 12.3. The molecule has 1 fully saturated rings. The van der Waals surface area contributed by atoms with Gasteiger partial charge < -0.3 is 4.74 Å². The maximum absolute atomic E-state index is 10.9. The van der Waals surface area contributed by atoms with E-state index in [0.717, 1.165) is 24.2 Å². The molecule has 3 atom stereocenters. The van der Waals surface area contributed by atoms with Crippen molar-refractivity contribution in [3.8, 4) is 0 Å². The normalized spacial score (nSPS) is 27.9. The number of ether oxygens (including phenoxy) is 1. The zero-order chi connectivity index (χ0) is 13.5. The second-order valence-electron chi connectivity index (χ2n) is 6.28. The highest BCUT2D eigenvalue weighted by Crippen LogP contribution is 2.45. The van der Waals surface area contributed by atoms with Crippen molar-refractivity contribution in [3.63, 3.8) is 0 Å². The van der Waals surface area contributed by atoms with Gasteiger partial charge in [-0.25, -0.2) is 0 Å². The molecular formula is C17H28O2. The Kier molecular flexibility index (Phi) is 5.93. The van der Waals surface area contributed by atoms with Gasteiger partial charge in [-0.2, -0.15) is 0 Å². The van der Waals surface area contributed by atoms with E-state index in [9.17, 15) is 4.79 Å². The summed E-state index contributed by atoms with van der Waals surface area (Å²) in [6.07, 6.45) is 17.4. The zero-order valence-corrected chi connectivity index (χ0v) is 12.3. The van der Waals surface area contributed by atoms with Crippen molar-refractivity contribution in [1.29, 1.82) is 0 Å². The Balaban J connectivity index is 1.39. The van der Waals surface area contributed by atoms with E-state index in [1.165, 1.54) is 58.5 Å². The Hall–Kier alpha value is -0.790. The van der Waals surface area contributed by atoms with Gasteiger partial charge in [-0.05, 0) is 43.4 Å². The van der Waals surface area contributed by atoms with Gasteiger partial charge in [0.05, 0.1) is 7.11 Å². The van der Waals surface area contributed by atoms with Gasteiger partial charge in [-0.15, -0.1) is 0 Å². The standard InChI is InChI=1S/C17H28O2/c1-19-17(18)9-7-5-3-2-4-6-8-15-12-14-10-11-16(15)13-14/h10-11,14-16H,2-9,12-13H2,1H3. The number of carbonyl (C=O) groups excluding carboxylic acids is 1. The lowest BCUT2D eigenvalue weighted by Crippen LogP contribution is -2.06. The van der Waals surface area contributed by atoms with E-state index in [2.05, 4.69) is 16.9 Å². The molecule has 2 nitrogen and oxygen atoms in total. The van der Waals surface area contributed by atoms with Crippen LogP contribution in [0.2, 0.25) is 0 Å². The van der Waals surface area contributed by atoms with Crippen LogP contribution < -0.4 is 0 Å². The van der Waals surface area contributed by atoms with Crippen molar-refractivity contribution >= 4 is 5.97 Å². The third kappa shape index (κ3) is 4.67. The van der Waals surface area contributed by atoms with Gasteiger partial charge in [0, 0.05) is 6.42 Å². The average Bonchev–Trinajstić information content (AvgIpc) is 3.03. The number of hydrogen-bond donors (Lipinski definition) is 0.